The number of hydrazone groups is 1. The van der Waals surface area contributed by atoms with Crippen LogP contribution in [0.25, 0.3) is 0 Å². The Balaban J connectivity index is 1.67. The van der Waals surface area contributed by atoms with Crippen molar-refractivity contribution in [3.63, 3.8) is 0 Å². The molecular weight excluding hydrogens is 438 g/mol. The van der Waals surface area contributed by atoms with Gasteiger partial charge in [-0.25, -0.2) is 15.0 Å². The average Bonchev–Trinajstić information content (AvgIpc) is 2.84. The summed E-state index contributed by atoms with van der Waals surface area (Å²) in [5.41, 5.74) is 4.50. The van der Waals surface area contributed by atoms with Gasteiger partial charge in [-0.2, -0.15) is 5.10 Å². The van der Waals surface area contributed by atoms with Crippen LogP contribution in [0.2, 0.25) is 0 Å². The van der Waals surface area contributed by atoms with Crippen LogP contribution in [0.15, 0.2) is 71.8 Å². The third kappa shape index (κ3) is 6.49. The number of para-hydroxylation sites is 3. The summed E-state index contributed by atoms with van der Waals surface area (Å²) in [6, 6.07) is 18.2. The van der Waals surface area contributed by atoms with Crippen LogP contribution in [0.5, 0.6) is 17.2 Å². The second kappa shape index (κ2) is 11.9. The first-order valence-electron chi connectivity index (χ1n) is 10.5. The van der Waals surface area contributed by atoms with Crippen molar-refractivity contribution in [3.05, 3.63) is 83.4 Å². The molecule has 3 aromatic carbocycles. The molecule has 3 N–H and O–H groups in total. The van der Waals surface area contributed by atoms with Gasteiger partial charge in [-0.1, -0.05) is 30.3 Å². The number of amides is 2. The minimum atomic E-state index is -0.992. The van der Waals surface area contributed by atoms with E-state index < -0.39 is 12.0 Å². The molecule has 0 aromatic heterocycles. The number of methoxy groups -OCH3 is 1. The number of urea groups is 1. The summed E-state index contributed by atoms with van der Waals surface area (Å²) in [6.07, 6.45) is 1.44. The van der Waals surface area contributed by atoms with E-state index in [-0.39, 0.29) is 12.2 Å². The number of aromatic carboxylic acids is 1. The molecule has 9 nitrogen and oxygen atoms in total. The lowest BCUT2D eigenvalue weighted by molar-refractivity contribution is 0.0696. The van der Waals surface area contributed by atoms with E-state index in [1.54, 1.807) is 48.5 Å². The summed E-state index contributed by atoms with van der Waals surface area (Å²) < 4.78 is 16.8. The van der Waals surface area contributed by atoms with E-state index in [1.807, 2.05) is 13.0 Å². The molecule has 3 aromatic rings. The first-order valence-corrected chi connectivity index (χ1v) is 10.5. The quantitative estimate of drug-likeness (QED) is 0.300. The third-order valence-corrected chi connectivity index (χ3v) is 4.62. The van der Waals surface area contributed by atoms with Gasteiger partial charge in [0.2, 0.25) is 0 Å². The Labute approximate surface area is 197 Å². The molecule has 2 amide bonds. The Kier molecular flexibility index (Phi) is 8.45. The van der Waals surface area contributed by atoms with Gasteiger partial charge in [0.1, 0.15) is 12.4 Å². The van der Waals surface area contributed by atoms with E-state index in [0.29, 0.717) is 35.1 Å². The molecule has 0 saturated carbocycles. The number of hydrogen-bond acceptors (Lipinski definition) is 6. The van der Waals surface area contributed by atoms with Gasteiger partial charge in [0.25, 0.3) is 0 Å². The highest BCUT2D eigenvalue weighted by Crippen LogP contribution is 2.31. The van der Waals surface area contributed by atoms with Crippen molar-refractivity contribution in [2.75, 3.05) is 19.0 Å². The predicted molar refractivity (Wildman–Crippen MR) is 128 cm³/mol. The SMILES string of the molecule is CCOc1ccccc1NC(=O)N/N=C/c1cccc(OC)c1OCc1ccc(C(=O)O)cc1. The molecular formula is C25H25N3O6. The summed E-state index contributed by atoms with van der Waals surface area (Å²) in [4.78, 5) is 23.3. The van der Waals surface area contributed by atoms with E-state index in [9.17, 15) is 9.59 Å². The number of carboxylic acids is 1. The Morgan fingerprint density at radius 1 is 0.971 bits per heavy atom. The molecule has 0 bridgehead atoms. The molecule has 34 heavy (non-hydrogen) atoms. The number of carbonyl (C=O) groups is 2. The normalized spacial score (nSPS) is 10.5. The van der Waals surface area contributed by atoms with Crippen molar-refractivity contribution in [1.82, 2.24) is 5.43 Å². The summed E-state index contributed by atoms with van der Waals surface area (Å²) >= 11 is 0. The van der Waals surface area contributed by atoms with Crippen LogP contribution in [0.3, 0.4) is 0 Å². The van der Waals surface area contributed by atoms with Gasteiger partial charge in [0.05, 0.1) is 31.2 Å². The minimum Gasteiger partial charge on any atom is -0.493 e. The zero-order valence-corrected chi connectivity index (χ0v) is 18.8. The summed E-state index contributed by atoms with van der Waals surface area (Å²) in [7, 11) is 1.52. The van der Waals surface area contributed by atoms with Crippen LogP contribution in [0, 0.1) is 0 Å². The van der Waals surface area contributed by atoms with Crippen LogP contribution >= 0.6 is 0 Å². The van der Waals surface area contributed by atoms with Crippen molar-refractivity contribution in [2.24, 2.45) is 5.10 Å². The number of hydrogen-bond donors (Lipinski definition) is 3. The highest BCUT2D eigenvalue weighted by molar-refractivity contribution is 5.92. The molecule has 9 heteroatoms. The Morgan fingerprint density at radius 3 is 2.41 bits per heavy atom. The van der Waals surface area contributed by atoms with Crippen LogP contribution in [-0.4, -0.2) is 37.0 Å². The highest BCUT2D eigenvalue weighted by atomic mass is 16.5. The van der Waals surface area contributed by atoms with Crippen LogP contribution in [0.1, 0.15) is 28.4 Å². The van der Waals surface area contributed by atoms with Crippen LogP contribution < -0.4 is 25.0 Å². The van der Waals surface area contributed by atoms with E-state index in [0.717, 1.165) is 5.56 Å². The fourth-order valence-electron chi connectivity index (χ4n) is 3.01. The molecule has 0 fully saturated rings. The van der Waals surface area contributed by atoms with E-state index in [2.05, 4.69) is 15.8 Å². The standard InChI is InChI=1S/C25H25N3O6/c1-3-33-21-9-5-4-8-20(21)27-25(31)28-26-15-19-7-6-10-22(32-2)23(19)34-16-17-11-13-18(14-12-17)24(29)30/h4-15H,3,16H2,1-2H3,(H,29,30)(H2,27,28,31)/b26-15+. The number of nitrogens with zero attached hydrogens (tertiary/aromatic N) is 1. The number of anilines is 1. The molecule has 0 spiro atoms. The summed E-state index contributed by atoms with van der Waals surface area (Å²) in [5.74, 6) is 0.485. The largest absolute Gasteiger partial charge is 0.493 e. The van der Waals surface area contributed by atoms with Gasteiger partial charge in [-0.3, -0.25) is 0 Å². The maximum absolute atomic E-state index is 12.3. The van der Waals surface area contributed by atoms with Crippen molar-refractivity contribution in [1.29, 1.82) is 0 Å². The predicted octanol–water partition coefficient (Wildman–Crippen LogP) is 4.53. The topological polar surface area (TPSA) is 118 Å². The van der Waals surface area contributed by atoms with Crippen molar-refractivity contribution in [2.45, 2.75) is 13.5 Å². The molecule has 176 valence electrons. The van der Waals surface area contributed by atoms with Gasteiger partial charge < -0.3 is 24.6 Å². The van der Waals surface area contributed by atoms with Gasteiger partial charge in [0, 0.05) is 5.56 Å². The van der Waals surface area contributed by atoms with Crippen molar-refractivity contribution >= 4 is 23.9 Å². The molecule has 0 saturated heterocycles. The average molecular weight is 463 g/mol. The number of nitrogens with one attached hydrogen (secondary N) is 2. The lowest BCUT2D eigenvalue weighted by Crippen LogP contribution is -2.24. The molecule has 3 rings (SSSR count). The smallest absolute Gasteiger partial charge is 0.339 e. The van der Waals surface area contributed by atoms with E-state index in [1.165, 1.54) is 25.5 Å². The molecule has 0 aliphatic heterocycles. The first kappa shape index (κ1) is 24.1. The maximum Gasteiger partial charge on any atom is 0.339 e. The number of carbonyl (C=O) groups excluding carboxylic acids is 1. The van der Waals surface area contributed by atoms with Crippen molar-refractivity contribution < 1.29 is 28.9 Å². The molecule has 0 atom stereocenters. The second-order valence-electron chi connectivity index (χ2n) is 6.92. The van der Waals surface area contributed by atoms with E-state index in [4.69, 9.17) is 19.3 Å². The Bertz CT molecular complexity index is 1160. The fraction of sp³-hybridized carbons (Fsp3) is 0.160. The third-order valence-electron chi connectivity index (χ3n) is 4.62. The molecule has 0 heterocycles. The van der Waals surface area contributed by atoms with Gasteiger partial charge in [-0.15, -0.1) is 0 Å². The number of rotatable bonds is 10. The van der Waals surface area contributed by atoms with Crippen molar-refractivity contribution in [3.8, 4) is 17.2 Å². The van der Waals surface area contributed by atoms with Crippen LogP contribution in [0.4, 0.5) is 10.5 Å². The maximum atomic E-state index is 12.3. The summed E-state index contributed by atoms with van der Waals surface area (Å²) in [5, 5.41) is 15.7. The monoisotopic (exact) mass is 463 g/mol. The number of carboxylic acid groups (broad SMARTS) is 1. The second-order valence-corrected chi connectivity index (χ2v) is 6.92. The lowest BCUT2D eigenvalue weighted by atomic mass is 10.1. The van der Waals surface area contributed by atoms with Gasteiger partial charge in [0.15, 0.2) is 11.5 Å². The minimum absolute atomic E-state index is 0.184. The summed E-state index contributed by atoms with van der Waals surface area (Å²) in [6.45, 7) is 2.52. The van der Waals surface area contributed by atoms with Gasteiger partial charge >= 0.3 is 12.0 Å². The molecule has 0 aliphatic rings. The van der Waals surface area contributed by atoms with E-state index >= 15 is 0 Å². The molecule has 0 unspecified atom stereocenters. The fourth-order valence-corrected chi connectivity index (χ4v) is 3.01. The number of ether oxygens (including phenoxy) is 3. The lowest BCUT2D eigenvalue weighted by Gasteiger charge is -2.13. The highest BCUT2D eigenvalue weighted by Gasteiger charge is 2.11. The zero-order valence-electron chi connectivity index (χ0n) is 18.8. The Morgan fingerprint density at radius 2 is 1.71 bits per heavy atom. The zero-order chi connectivity index (χ0) is 24.3. The van der Waals surface area contributed by atoms with Gasteiger partial charge in [-0.05, 0) is 48.9 Å². The molecule has 0 aliphatic carbocycles. The Hall–Kier alpha value is -4.53. The number of benzene rings is 3. The first-order chi connectivity index (χ1) is 16.5. The molecule has 0 radical (unpaired) electrons. The van der Waals surface area contributed by atoms with Crippen LogP contribution in [-0.2, 0) is 6.61 Å².